The van der Waals surface area contributed by atoms with Gasteiger partial charge in [-0.15, -0.1) is 0 Å². The number of nitrogen functional groups attached to an aromatic ring is 1. The summed E-state index contributed by atoms with van der Waals surface area (Å²) in [6, 6.07) is 16.9. The fraction of sp³-hybridized carbons (Fsp3) is 0.250. The Morgan fingerprint density at radius 3 is 2.61 bits per heavy atom. The third-order valence-corrected chi connectivity index (χ3v) is 3.20. The van der Waals surface area contributed by atoms with Gasteiger partial charge in [0.05, 0.1) is 0 Å². The van der Waals surface area contributed by atoms with Crippen molar-refractivity contribution in [3.63, 3.8) is 0 Å². The van der Waals surface area contributed by atoms with Crippen molar-refractivity contribution >= 4 is 5.69 Å². The van der Waals surface area contributed by atoms with Gasteiger partial charge in [-0.25, -0.2) is 0 Å². The summed E-state index contributed by atoms with van der Waals surface area (Å²) in [6.07, 6.45) is 0. The van der Waals surface area contributed by atoms with Crippen LogP contribution in [0.3, 0.4) is 0 Å². The number of nitrogens with two attached hydrogens (primary N) is 1. The van der Waals surface area contributed by atoms with Crippen LogP contribution in [-0.2, 0) is 6.54 Å². The van der Waals surface area contributed by atoms with Gasteiger partial charge in [0.25, 0.3) is 0 Å². The van der Waals surface area contributed by atoms with Gasteiger partial charge in [0.2, 0.25) is 0 Å². The highest BCUT2D eigenvalue weighted by Gasteiger charge is 2.05. The van der Waals surface area contributed by atoms with Gasteiger partial charge < -0.3 is 11.1 Å². The van der Waals surface area contributed by atoms with E-state index in [0.29, 0.717) is 6.04 Å². The number of anilines is 1. The average molecular weight is 240 g/mol. The molecule has 2 rings (SSSR count). The van der Waals surface area contributed by atoms with Crippen LogP contribution in [0.4, 0.5) is 5.69 Å². The van der Waals surface area contributed by atoms with Crippen molar-refractivity contribution in [2.24, 2.45) is 0 Å². The van der Waals surface area contributed by atoms with Gasteiger partial charge in [-0.2, -0.15) is 0 Å². The highest BCUT2D eigenvalue weighted by atomic mass is 14.9. The van der Waals surface area contributed by atoms with Crippen LogP contribution >= 0.6 is 0 Å². The second-order valence-corrected chi connectivity index (χ2v) is 4.72. The largest absolute Gasteiger partial charge is 0.398 e. The molecule has 0 bridgehead atoms. The molecule has 0 saturated heterocycles. The first kappa shape index (κ1) is 12.7. The summed E-state index contributed by atoms with van der Waals surface area (Å²) in [7, 11) is 0. The number of para-hydroxylation sites is 1. The number of hydrogen-bond donors (Lipinski definition) is 2. The monoisotopic (exact) mass is 240 g/mol. The summed E-state index contributed by atoms with van der Waals surface area (Å²) in [5.41, 5.74) is 10.5. The Kier molecular flexibility index (Phi) is 4.00. The molecular formula is C16H20N2. The highest BCUT2D eigenvalue weighted by molar-refractivity contribution is 5.46. The maximum Gasteiger partial charge on any atom is 0.0359 e. The molecule has 0 radical (unpaired) electrons. The molecule has 0 unspecified atom stereocenters. The molecule has 18 heavy (non-hydrogen) atoms. The number of nitrogens with one attached hydrogen (secondary N) is 1. The molecule has 0 aliphatic rings. The molecule has 0 aliphatic carbocycles. The maximum atomic E-state index is 5.93. The summed E-state index contributed by atoms with van der Waals surface area (Å²) >= 11 is 0. The van der Waals surface area contributed by atoms with E-state index in [1.165, 1.54) is 11.1 Å². The highest BCUT2D eigenvalue weighted by Crippen LogP contribution is 2.16. The Labute approximate surface area is 109 Å². The lowest BCUT2D eigenvalue weighted by Gasteiger charge is -2.15. The zero-order valence-corrected chi connectivity index (χ0v) is 11.0. The molecule has 2 heteroatoms. The fourth-order valence-electron chi connectivity index (χ4n) is 2.02. The lowest BCUT2D eigenvalue weighted by atomic mass is 10.1. The Morgan fingerprint density at radius 1 is 1.11 bits per heavy atom. The molecule has 0 aromatic heterocycles. The molecule has 2 nitrogen and oxygen atoms in total. The van der Waals surface area contributed by atoms with Crippen molar-refractivity contribution in [2.45, 2.75) is 26.4 Å². The molecule has 3 N–H and O–H groups in total. The maximum absolute atomic E-state index is 5.93. The number of benzene rings is 2. The lowest BCUT2D eigenvalue weighted by molar-refractivity contribution is 0.575. The molecule has 2 aromatic carbocycles. The standard InChI is InChI=1S/C16H20N2/c1-12-6-5-8-14(10-12)13(2)18-11-15-7-3-4-9-16(15)17/h3-10,13,18H,11,17H2,1-2H3/t13-/m0/s1. The average Bonchev–Trinajstić information content (AvgIpc) is 2.37. The van der Waals surface area contributed by atoms with Crippen LogP contribution in [0.1, 0.15) is 29.7 Å². The van der Waals surface area contributed by atoms with Crippen molar-refractivity contribution in [3.05, 3.63) is 65.2 Å². The minimum atomic E-state index is 0.324. The number of hydrogen-bond acceptors (Lipinski definition) is 2. The van der Waals surface area contributed by atoms with Crippen molar-refractivity contribution in [1.29, 1.82) is 0 Å². The Morgan fingerprint density at radius 2 is 1.89 bits per heavy atom. The number of rotatable bonds is 4. The molecule has 94 valence electrons. The fourth-order valence-corrected chi connectivity index (χ4v) is 2.02. The van der Waals surface area contributed by atoms with Gasteiger partial charge in [-0.1, -0.05) is 48.0 Å². The topological polar surface area (TPSA) is 38.0 Å². The molecule has 0 saturated carbocycles. The Hall–Kier alpha value is -1.80. The minimum absolute atomic E-state index is 0.324. The molecular weight excluding hydrogens is 220 g/mol. The van der Waals surface area contributed by atoms with E-state index >= 15 is 0 Å². The summed E-state index contributed by atoms with van der Waals surface area (Å²) in [4.78, 5) is 0. The van der Waals surface area contributed by atoms with Gasteiger partial charge >= 0.3 is 0 Å². The van der Waals surface area contributed by atoms with Gasteiger partial charge in [0.1, 0.15) is 0 Å². The molecule has 0 heterocycles. The molecule has 0 spiro atoms. The predicted octanol–water partition coefficient (Wildman–Crippen LogP) is 3.43. The first-order valence-corrected chi connectivity index (χ1v) is 6.30. The third kappa shape index (κ3) is 3.11. The molecule has 0 amide bonds. The quantitative estimate of drug-likeness (QED) is 0.803. The van der Waals surface area contributed by atoms with Crippen LogP contribution in [0, 0.1) is 6.92 Å². The smallest absolute Gasteiger partial charge is 0.0359 e. The summed E-state index contributed by atoms with van der Waals surface area (Å²) in [5.74, 6) is 0. The van der Waals surface area contributed by atoms with Crippen LogP contribution in [0.2, 0.25) is 0 Å². The molecule has 1 atom stereocenters. The van der Waals surface area contributed by atoms with E-state index in [2.05, 4.69) is 49.5 Å². The van der Waals surface area contributed by atoms with E-state index in [-0.39, 0.29) is 0 Å². The normalized spacial score (nSPS) is 12.3. The van der Waals surface area contributed by atoms with Crippen molar-refractivity contribution in [3.8, 4) is 0 Å². The van der Waals surface area contributed by atoms with E-state index in [4.69, 9.17) is 5.73 Å². The first-order valence-electron chi connectivity index (χ1n) is 6.30. The zero-order chi connectivity index (χ0) is 13.0. The van der Waals surface area contributed by atoms with E-state index in [9.17, 15) is 0 Å². The number of aryl methyl sites for hydroxylation is 1. The van der Waals surface area contributed by atoms with E-state index < -0.39 is 0 Å². The van der Waals surface area contributed by atoms with E-state index in [0.717, 1.165) is 17.8 Å². The van der Waals surface area contributed by atoms with Gasteiger partial charge in [0.15, 0.2) is 0 Å². The molecule has 0 aliphatic heterocycles. The van der Waals surface area contributed by atoms with Crippen molar-refractivity contribution in [2.75, 3.05) is 5.73 Å². The summed E-state index contributed by atoms with van der Waals surface area (Å²) < 4.78 is 0. The Bertz CT molecular complexity index is 520. The van der Waals surface area contributed by atoms with Crippen molar-refractivity contribution < 1.29 is 0 Å². The van der Waals surface area contributed by atoms with E-state index in [1.54, 1.807) is 0 Å². The van der Waals surface area contributed by atoms with Crippen molar-refractivity contribution in [1.82, 2.24) is 5.32 Å². The Balaban J connectivity index is 2.00. The molecule has 2 aromatic rings. The third-order valence-electron chi connectivity index (χ3n) is 3.20. The van der Waals surface area contributed by atoms with Crippen LogP contribution in [-0.4, -0.2) is 0 Å². The minimum Gasteiger partial charge on any atom is -0.398 e. The van der Waals surface area contributed by atoms with E-state index in [1.807, 2.05) is 18.2 Å². The van der Waals surface area contributed by atoms with Crippen LogP contribution in [0.5, 0.6) is 0 Å². The van der Waals surface area contributed by atoms with Crippen LogP contribution in [0.15, 0.2) is 48.5 Å². The lowest BCUT2D eigenvalue weighted by Crippen LogP contribution is -2.18. The van der Waals surface area contributed by atoms with Gasteiger partial charge in [-0.05, 0) is 31.0 Å². The van der Waals surface area contributed by atoms with Crippen LogP contribution < -0.4 is 11.1 Å². The van der Waals surface area contributed by atoms with Crippen LogP contribution in [0.25, 0.3) is 0 Å². The van der Waals surface area contributed by atoms with Gasteiger partial charge in [0, 0.05) is 18.3 Å². The second-order valence-electron chi connectivity index (χ2n) is 4.72. The second kappa shape index (κ2) is 5.69. The first-order chi connectivity index (χ1) is 8.66. The summed E-state index contributed by atoms with van der Waals surface area (Å²) in [5, 5.41) is 3.50. The molecule has 0 fully saturated rings. The summed E-state index contributed by atoms with van der Waals surface area (Å²) in [6.45, 7) is 5.08. The predicted molar refractivity (Wildman–Crippen MR) is 77.3 cm³/mol. The van der Waals surface area contributed by atoms with Gasteiger partial charge in [-0.3, -0.25) is 0 Å². The zero-order valence-electron chi connectivity index (χ0n) is 11.0. The SMILES string of the molecule is Cc1cccc([C@H](C)NCc2ccccc2N)c1.